The van der Waals surface area contributed by atoms with Crippen molar-refractivity contribution in [2.24, 2.45) is 0 Å². The molecule has 1 amide bonds. The molecule has 1 saturated heterocycles. The number of nitrogens with zero attached hydrogens (tertiary/aromatic N) is 3. The lowest BCUT2D eigenvalue weighted by molar-refractivity contribution is -0.130. The molecule has 0 N–H and O–H groups in total. The van der Waals surface area contributed by atoms with Gasteiger partial charge in [-0.15, -0.1) is 0 Å². The Kier molecular flexibility index (Phi) is 5.70. The predicted octanol–water partition coefficient (Wildman–Crippen LogP) is 3.41. The topological polar surface area (TPSA) is 36.4 Å². The zero-order valence-electron chi connectivity index (χ0n) is 13.7. The molecule has 0 unspecified atom stereocenters. The van der Waals surface area contributed by atoms with E-state index in [1.54, 1.807) is 12.4 Å². The fraction of sp³-hybridized carbons (Fsp3) is 0.368. The lowest BCUT2D eigenvalue weighted by Gasteiger charge is -2.24. The first kappa shape index (κ1) is 16.8. The number of pyridine rings is 1. The molecule has 1 aliphatic heterocycles. The molecule has 0 bridgehead atoms. The minimum atomic E-state index is 0.238. The van der Waals surface area contributed by atoms with Crippen LogP contribution in [0.4, 0.5) is 5.69 Å². The number of rotatable bonds is 4. The number of aromatic nitrogens is 1. The fourth-order valence-electron chi connectivity index (χ4n) is 3.09. The van der Waals surface area contributed by atoms with E-state index in [1.165, 1.54) is 5.56 Å². The van der Waals surface area contributed by atoms with Crippen LogP contribution in [0.1, 0.15) is 18.4 Å². The fourth-order valence-corrected chi connectivity index (χ4v) is 3.32. The maximum Gasteiger partial charge on any atom is 0.222 e. The van der Waals surface area contributed by atoms with Gasteiger partial charge in [0, 0.05) is 45.0 Å². The molecule has 126 valence electrons. The molecule has 0 spiro atoms. The Hall–Kier alpha value is -2.07. The van der Waals surface area contributed by atoms with Crippen molar-refractivity contribution in [3.8, 4) is 0 Å². The van der Waals surface area contributed by atoms with Crippen LogP contribution in [-0.4, -0.2) is 42.0 Å². The first-order chi connectivity index (χ1) is 11.7. The van der Waals surface area contributed by atoms with E-state index in [4.69, 9.17) is 11.6 Å². The summed E-state index contributed by atoms with van der Waals surface area (Å²) in [4.78, 5) is 20.8. The first-order valence-electron chi connectivity index (χ1n) is 8.40. The van der Waals surface area contributed by atoms with E-state index < -0.39 is 0 Å². The van der Waals surface area contributed by atoms with Gasteiger partial charge in [-0.1, -0.05) is 41.9 Å². The first-order valence-corrected chi connectivity index (χ1v) is 8.78. The minimum absolute atomic E-state index is 0.238. The molecule has 0 atom stereocenters. The molecule has 5 heteroatoms. The third-order valence-corrected chi connectivity index (χ3v) is 4.70. The Bertz CT molecular complexity index is 677. The molecular formula is C19H22ClN3O. The molecule has 2 heterocycles. The number of anilines is 1. The van der Waals surface area contributed by atoms with E-state index in [1.807, 2.05) is 29.2 Å². The van der Waals surface area contributed by atoms with Crippen molar-refractivity contribution >= 4 is 23.2 Å². The van der Waals surface area contributed by atoms with Gasteiger partial charge in [0.05, 0.1) is 10.7 Å². The van der Waals surface area contributed by atoms with Crippen LogP contribution in [0.5, 0.6) is 0 Å². The number of benzene rings is 1. The van der Waals surface area contributed by atoms with Gasteiger partial charge in [0.15, 0.2) is 0 Å². The highest BCUT2D eigenvalue weighted by Gasteiger charge is 2.20. The van der Waals surface area contributed by atoms with Crippen LogP contribution < -0.4 is 4.90 Å². The van der Waals surface area contributed by atoms with Gasteiger partial charge in [-0.05, 0) is 24.5 Å². The summed E-state index contributed by atoms with van der Waals surface area (Å²) in [5.41, 5.74) is 2.22. The van der Waals surface area contributed by atoms with Crippen LogP contribution in [0.25, 0.3) is 0 Å². The van der Waals surface area contributed by atoms with E-state index in [9.17, 15) is 4.79 Å². The molecule has 2 aromatic rings. The second kappa shape index (κ2) is 8.15. The quantitative estimate of drug-likeness (QED) is 0.853. The van der Waals surface area contributed by atoms with Crippen molar-refractivity contribution in [1.29, 1.82) is 0 Å². The summed E-state index contributed by atoms with van der Waals surface area (Å²) in [6, 6.07) is 12.1. The van der Waals surface area contributed by atoms with E-state index in [0.29, 0.717) is 11.4 Å². The molecule has 1 aromatic carbocycles. The Morgan fingerprint density at radius 1 is 1.08 bits per heavy atom. The Balaban J connectivity index is 1.55. The third kappa shape index (κ3) is 4.26. The normalized spacial score (nSPS) is 15.2. The number of hydrogen-bond acceptors (Lipinski definition) is 3. The largest absolute Gasteiger partial charge is 0.368 e. The van der Waals surface area contributed by atoms with Crippen molar-refractivity contribution in [3.05, 3.63) is 59.4 Å². The molecule has 1 aromatic heterocycles. The summed E-state index contributed by atoms with van der Waals surface area (Å²) < 4.78 is 0. The smallest absolute Gasteiger partial charge is 0.222 e. The molecule has 3 rings (SSSR count). The molecule has 0 aliphatic carbocycles. The Morgan fingerprint density at radius 3 is 2.71 bits per heavy atom. The second-order valence-corrected chi connectivity index (χ2v) is 6.44. The summed E-state index contributed by atoms with van der Waals surface area (Å²) in [6.07, 6.45) is 5.76. The lowest BCUT2D eigenvalue weighted by atomic mass is 10.1. The van der Waals surface area contributed by atoms with Gasteiger partial charge in [-0.25, -0.2) is 0 Å². The Labute approximate surface area is 148 Å². The molecule has 4 nitrogen and oxygen atoms in total. The number of carbonyl (C=O) groups excluding carboxylic acids is 1. The van der Waals surface area contributed by atoms with Crippen LogP contribution >= 0.6 is 11.6 Å². The average Bonchev–Trinajstić information content (AvgIpc) is 2.87. The number of aryl methyl sites for hydroxylation is 1. The molecule has 24 heavy (non-hydrogen) atoms. The lowest BCUT2D eigenvalue weighted by Crippen LogP contribution is -2.35. The Morgan fingerprint density at radius 2 is 1.92 bits per heavy atom. The van der Waals surface area contributed by atoms with E-state index in [2.05, 4.69) is 22.0 Å². The number of hydrogen-bond donors (Lipinski definition) is 0. The van der Waals surface area contributed by atoms with Crippen molar-refractivity contribution in [3.63, 3.8) is 0 Å². The van der Waals surface area contributed by atoms with Crippen LogP contribution in [0.3, 0.4) is 0 Å². The highest BCUT2D eigenvalue weighted by Crippen LogP contribution is 2.25. The predicted molar refractivity (Wildman–Crippen MR) is 97.4 cm³/mol. The van der Waals surface area contributed by atoms with Gasteiger partial charge in [-0.3, -0.25) is 9.78 Å². The zero-order valence-corrected chi connectivity index (χ0v) is 14.5. The third-order valence-electron chi connectivity index (χ3n) is 4.41. The summed E-state index contributed by atoms with van der Waals surface area (Å²) >= 11 is 6.24. The zero-order chi connectivity index (χ0) is 16.8. The average molecular weight is 344 g/mol. The molecule has 1 aliphatic rings. The van der Waals surface area contributed by atoms with Crippen molar-refractivity contribution in [1.82, 2.24) is 9.88 Å². The summed E-state index contributed by atoms with van der Waals surface area (Å²) in [5, 5.41) is 0.668. The second-order valence-electron chi connectivity index (χ2n) is 6.03. The monoisotopic (exact) mass is 343 g/mol. The van der Waals surface area contributed by atoms with E-state index >= 15 is 0 Å². The standard InChI is InChI=1S/C19H22ClN3O/c20-17-15-21-10-9-18(17)22-11-4-12-23(14-13-22)19(24)8-7-16-5-2-1-3-6-16/h1-3,5-6,9-10,15H,4,7-8,11-14H2. The number of carbonyl (C=O) groups is 1. The van der Waals surface area contributed by atoms with Gasteiger partial charge in [0.2, 0.25) is 5.91 Å². The number of halogens is 1. The van der Waals surface area contributed by atoms with Crippen LogP contribution in [0.2, 0.25) is 5.02 Å². The van der Waals surface area contributed by atoms with Crippen LogP contribution in [0.15, 0.2) is 48.8 Å². The minimum Gasteiger partial charge on any atom is -0.368 e. The van der Waals surface area contributed by atoms with E-state index in [-0.39, 0.29) is 5.91 Å². The van der Waals surface area contributed by atoms with Crippen molar-refractivity contribution < 1.29 is 4.79 Å². The van der Waals surface area contributed by atoms with Gasteiger partial charge >= 0.3 is 0 Å². The van der Waals surface area contributed by atoms with Gasteiger partial charge in [-0.2, -0.15) is 0 Å². The number of amides is 1. The molecule has 0 saturated carbocycles. The summed E-state index contributed by atoms with van der Waals surface area (Å²) in [6.45, 7) is 3.27. The van der Waals surface area contributed by atoms with Crippen LogP contribution in [-0.2, 0) is 11.2 Å². The van der Waals surface area contributed by atoms with Crippen molar-refractivity contribution in [2.75, 3.05) is 31.1 Å². The van der Waals surface area contributed by atoms with Gasteiger partial charge in [0.25, 0.3) is 0 Å². The van der Waals surface area contributed by atoms with Gasteiger partial charge in [0.1, 0.15) is 0 Å². The summed E-state index contributed by atoms with van der Waals surface area (Å²) in [7, 11) is 0. The van der Waals surface area contributed by atoms with Crippen molar-refractivity contribution in [2.45, 2.75) is 19.3 Å². The van der Waals surface area contributed by atoms with E-state index in [0.717, 1.165) is 44.7 Å². The highest BCUT2D eigenvalue weighted by molar-refractivity contribution is 6.33. The molecule has 1 fully saturated rings. The maximum atomic E-state index is 12.5. The SMILES string of the molecule is O=C(CCc1ccccc1)N1CCCN(c2ccncc2Cl)CC1. The molecular weight excluding hydrogens is 322 g/mol. The highest BCUT2D eigenvalue weighted by atomic mass is 35.5. The van der Waals surface area contributed by atoms with Crippen LogP contribution in [0, 0.1) is 0 Å². The summed E-state index contributed by atoms with van der Waals surface area (Å²) in [5.74, 6) is 0.238. The molecule has 0 radical (unpaired) electrons. The van der Waals surface area contributed by atoms with Gasteiger partial charge < -0.3 is 9.80 Å². The maximum absolute atomic E-state index is 12.5.